The average Bonchev–Trinajstić information content (AvgIpc) is 2.80. The van der Waals surface area contributed by atoms with Crippen LogP contribution in [0, 0.1) is 0 Å². The monoisotopic (exact) mass is 434 g/mol. The van der Waals surface area contributed by atoms with Crippen molar-refractivity contribution in [3.63, 3.8) is 0 Å². The summed E-state index contributed by atoms with van der Waals surface area (Å²) < 4.78 is 5.66. The minimum absolute atomic E-state index is 0.394. The maximum Gasteiger partial charge on any atom is 0.225 e. The third-order valence-corrected chi connectivity index (χ3v) is 6.06. The van der Waals surface area contributed by atoms with Crippen molar-refractivity contribution in [2.24, 2.45) is 0 Å². The van der Waals surface area contributed by atoms with E-state index in [9.17, 15) is 0 Å². The number of nitrogens with one attached hydrogen (secondary N) is 2. The van der Waals surface area contributed by atoms with Crippen LogP contribution < -0.4 is 20.3 Å². The van der Waals surface area contributed by atoms with Crippen molar-refractivity contribution in [3.05, 3.63) is 48.0 Å². The number of para-hydroxylation sites is 1. The van der Waals surface area contributed by atoms with Crippen LogP contribution in [-0.4, -0.2) is 61.7 Å². The van der Waals surface area contributed by atoms with E-state index in [-0.39, 0.29) is 0 Å². The van der Waals surface area contributed by atoms with E-state index >= 15 is 0 Å². The van der Waals surface area contributed by atoms with Gasteiger partial charge in [0.15, 0.2) is 0 Å². The average molecular weight is 435 g/mol. The molecule has 2 heterocycles. The van der Waals surface area contributed by atoms with Crippen molar-refractivity contribution in [2.75, 3.05) is 56.4 Å². The predicted octanol–water partition coefficient (Wildman–Crippen LogP) is 4.21. The number of likely N-dealkylation sites (tertiary alicyclic amines) is 1. The van der Waals surface area contributed by atoms with E-state index in [1.54, 1.807) is 7.11 Å². The number of aromatic nitrogens is 2. The first-order valence-electron chi connectivity index (χ1n) is 11.4. The van der Waals surface area contributed by atoms with Gasteiger partial charge in [-0.1, -0.05) is 18.2 Å². The summed E-state index contributed by atoms with van der Waals surface area (Å²) in [6, 6.07) is 14.9. The fourth-order valence-electron chi connectivity index (χ4n) is 4.40. The van der Waals surface area contributed by atoms with Crippen LogP contribution in [0.3, 0.4) is 0 Å². The largest absolute Gasteiger partial charge is 0.496 e. The standard InChI is InChI=1S/C25H34N6O/c1-5-26-25-28-21-10-7-6-9-19(21)24(29-25)27-18-13-15-31(16-14-18)17-20-22(30(2)3)11-8-12-23(20)32-4/h6-12,18H,5,13-17H2,1-4H3,(H2,26,27,28,29). The van der Waals surface area contributed by atoms with Crippen molar-refractivity contribution in [3.8, 4) is 5.75 Å². The number of fused-ring (bicyclic) bond motifs is 1. The summed E-state index contributed by atoms with van der Waals surface area (Å²) in [7, 11) is 5.92. The minimum Gasteiger partial charge on any atom is -0.496 e. The van der Waals surface area contributed by atoms with Crippen LogP contribution in [0.1, 0.15) is 25.3 Å². The van der Waals surface area contributed by atoms with Gasteiger partial charge in [-0.2, -0.15) is 4.98 Å². The van der Waals surface area contributed by atoms with Crippen LogP contribution in [0.5, 0.6) is 5.75 Å². The van der Waals surface area contributed by atoms with Gasteiger partial charge in [-0.3, -0.25) is 4.90 Å². The molecule has 3 aromatic rings. The number of rotatable bonds is 8. The number of hydrogen-bond donors (Lipinski definition) is 2. The van der Waals surface area contributed by atoms with Crippen molar-refractivity contribution < 1.29 is 4.74 Å². The molecule has 4 rings (SSSR count). The van der Waals surface area contributed by atoms with Crippen LogP contribution >= 0.6 is 0 Å². The molecule has 7 nitrogen and oxygen atoms in total. The molecule has 2 aromatic carbocycles. The van der Waals surface area contributed by atoms with Gasteiger partial charge >= 0.3 is 0 Å². The van der Waals surface area contributed by atoms with Crippen LogP contribution in [0.15, 0.2) is 42.5 Å². The molecule has 0 spiro atoms. The lowest BCUT2D eigenvalue weighted by molar-refractivity contribution is 0.209. The number of methoxy groups -OCH3 is 1. The lowest BCUT2D eigenvalue weighted by atomic mass is 10.0. The Hall–Kier alpha value is -3.06. The second-order valence-electron chi connectivity index (χ2n) is 8.49. The molecule has 2 N–H and O–H groups in total. The summed E-state index contributed by atoms with van der Waals surface area (Å²) in [6.07, 6.45) is 2.14. The molecule has 1 aliphatic rings. The molecule has 32 heavy (non-hydrogen) atoms. The smallest absolute Gasteiger partial charge is 0.225 e. The highest BCUT2D eigenvalue weighted by Crippen LogP contribution is 2.31. The van der Waals surface area contributed by atoms with Gasteiger partial charge in [0.1, 0.15) is 11.6 Å². The first kappa shape index (κ1) is 22.1. The Bertz CT molecular complexity index is 1050. The number of hydrogen-bond acceptors (Lipinski definition) is 7. The Kier molecular flexibility index (Phi) is 6.95. The summed E-state index contributed by atoms with van der Waals surface area (Å²) in [5, 5.41) is 8.03. The van der Waals surface area contributed by atoms with Gasteiger partial charge in [-0.25, -0.2) is 4.98 Å². The second-order valence-corrected chi connectivity index (χ2v) is 8.49. The fourth-order valence-corrected chi connectivity index (χ4v) is 4.40. The quantitative estimate of drug-likeness (QED) is 0.550. The highest BCUT2D eigenvalue weighted by atomic mass is 16.5. The van der Waals surface area contributed by atoms with Crippen LogP contribution in [-0.2, 0) is 6.54 Å². The Balaban J connectivity index is 1.45. The molecule has 1 saturated heterocycles. The SMILES string of the molecule is CCNc1nc(NC2CCN(Cc3c(OC)cccc3N(C)C)CC2)c2ccccc2n1. The van der Waals surface area contributed by atoms with E-state index in [0.29, 0.717) is 12.0 Å². The van der Waals surface area contributed by atoms with E-state index in [2.05, 4.69) is 70.7 Å². The zero-order valence-corrected chi connectivity index (χ0v) is 19.6. The molecule has 0 radical (unpaired) electrons. The molecular formula is C25H34N6O. The van der Waals surface area contributed by atoms with Gasteiger partial charge in [-0.15, -0.1) is 0 Å². The normalized spacial score (nSPS) is 15.0. The van der Waals surface area contributed by atoms with Crippen LogP contribution in [0.2, 0.25) is 0 Å². The molecule has 0 unspecified atom stereocenters. The second kappa shape index (κ2) is 10.0. The molecule has 1 aromatic heterocycles. The molecule has 7 heteroatoms. The van der Waals surface area contributed by atoms with Crippen molar-refractivity contribution in [2.45, 2.75) is 32.4 Å². The lowest BCUT2D eigenvalue weighted by Gasteiger charge is -2.34. The Morgan fingerprint density at radius 3 is 2.56 bits per heavy atom. The maximum atomic E-state index is 5.66. The number of piperidine rings is 1. The number of ether oxygens (including phenoxy) is 1. The molecule has 0 bridgehead atoms. The molecule has 0 amide bonds. The number of benzene rings is 2. The lowest BCUT2D eigenvalue weighted by Crippen LogP contribution is -2.39. The third-order valence-electron chi connectivity index (χ3n) is 6.06. The van der Waals surface area contributed by atoms with E-state index in [0.717, 1.165) is 61.5 Å². The molecule has 1 aliphatic heterocycles. The van der Waals surface area contributed by atoms with Gasteiger partial charge in [-0.05, 0) is 44.0 Å². The molecule has 170 valence electrons. The summed E-state index contributed by atoms with van der Waals surface area (Å²) in [6.45, 7) is 5.82. The zero-order valence-electron chi connectivity index (χ0n) is 19.6. The van der Waals surface area contributed by atoms with Gasteiger partial charge in [0.05, 0.1) is 12.6 Å². The topological polar surface area (TPSA) is 65.6 Å². The molecule has 0 saturated carbocycles. The highest BCUT2D eigenvalue weighted by Gasteiger charge is 2.23. The van der Waals surface area contributed by atoms with E-state index in [4.69, 9.17) is 9.72 Å². The van der Waals surface area contributed by atoms with Crippen molar-refractivity contribution in [1.29, 1.82) is 0 Å². The van der Waals surface area contributed by atoms with Gasteiger partial charge < -0.3 is 20.3 Å². The third kappa shape index (κ3) is 4.88. The molecule has 0 aliphatic carbocycles. The van der Waals surface area contributed by atoms with Gasteiger partial charge in [0.2, 0.25) is 5.95 Å². The predicted molar refractivity (Wildman–Crippen MR) is 133 cm³/mol. The van der Waals surface area contributed by atoms with Gasteiger partial charge in [0, 0.05) is 63.0 Å². The Morgan fingerprint density at radius 2 is 1.84 bits per heavy atom. The zero-order chi connectivity index (χ0) is 22.5. The summed E-state index contributed by atoms with van der Waals surface area (Å²) in [5.74, 6) is 2.56. The number of anilines is 3. The Morgan fingerprint density at radius 1 is 1.06 bits per heavy atom. The Labute approximate surface area is 190 Å². The van der Waals surface area contributed by atoms with Crippen LogP contribution in [0.25, 0.3) is 10.9 Å². The first-order chi connectivity index (χ1) is 15.6. The molecule has 1 fully saturated rings. The highest BCUT2D eigenvalue weighted by molar-refractivity contribution is 5.90. The van der Waals surface area contributed by atoms with E-state index in [1.807, 2.05) is 18.2 Å². The van der Waals surface area contributed by atoms with E-state index < -0.39 is 0 Å². The fraction of sp³-hybridized carbons (Fsp3) is 0.440. The number of nitrogens with zero attached hydrogens (tertiary/aromatic N) is 4. The summed E-state index contributed by atoms with van der Waals surface area (Å²) >= 11 is 0. The maximum absolute atomic E-state index is 5.66. The van der Waals surface area contributed by atoms with Crippen LogP contribution in [0.4, 0.5) is 17.5 Å². The van der Waals surface area contributed by atoms with Crippen molar-refractivity contribution >= 4 is 28.4 Å². The van der Waals surface area contributed by atoms with E-state index in [1.165, 1.54) is 11.3 Å². The van der Waals surface area contributed by atoms with Crippen molar-refractivity contribution in [1.82, 2.24) is 14.9 Å². The van der Waals surface area contributed by atoms with Gasteiger partial charge in [0.25, 0.3) is 0 Å². The summed E-state index contributed by atoms with van der Waals surface area (Å²) in [4.78, 5) is 14.1. The minimum atomic E-state index is 0.394. The molecule has 0 atom stereocenters. The summed E-state index contributed by atoms with van der Waals surface area (Å²) in [5.41, 5.74) is 3.43. The molecular weight excluding hydrogens is 400 g/mol. The first-order valence-corrected chi connectivity index (χ1v) is 11.4.